The molecule has 0 bridgehead atoms. The van der Waals surface area contributed by atoms with Gasteiger partial charge in [0.05, 0.1) is 11.6 Å². The number of nitrogens with zero attached hydrogens (tertiary/aromatic N) is 3. The molecule has 1 aromatic rings. The van der Waals surface area contributed by atoms with Crippen LogP contribution in [0.4, 0.5) is 5.82 Å². The second-order valence-corrected chi connectivity index (χ2v) is 3.55. The van der Waals surface area contributed by atoms with Crippen LogP contribution >= 0.6 is 0 Å². The van der Waals surface area contributed by atoms with Crippen LogP contribution in [0.5, 0.6) is 0 Å². The van der Waals surface area contributed by atoms with Crippen LogP contribution in [0.1, 0.15) is 19.4 Å². The summed E-state index contributed by atoms with van der Waals surface area (Å²) in [6.07, 6.45) is 3.49. The molecule has 0 aliphatic rings. The fourth-order valence-corrected chi connectivity index (χ4v) is 1.35. The minimum absolute atomic E-state index is 0.337. The quantitative estimate of drug-likeness (QED) is 0.702. The first-order valence-electron chi connectivity index (χ1n) is 4.92. The van der Waals surface area contributed by atoms with Gasteiger partial charge < -0.3 is 4.90 Å². The van der Waals surface area contributed by atoms with Crippen molar-refractivity contribution in [2.45, 2.75) is 19.9 Å². The van der Waals surface area contributed by atoms with Gasteiger partial charge in [0.25, 0.3) is 0 Å². The van der Waals surface area contributed by atoms with E-state index in [1.165, 1.54) is 0 Å². The molecule has 0 radical (unpaired) electrons. The van der Waals surface area contributed by atoms with Crippen molar-refractivity contribution in [3.8, 4) is 6.07 Å². The lowest BCUT2D eigenvalue weighted by atomic mass is 10.2. The maximum atomic E-state index is 8.80. The van der Waals surface area contributed by atoms with Crippen molar-refractivity contribution in [3.05, 3.63) is 36.5 Å². The van der Waals surface area contributed by atoms with Crippen molar-refractivity contribution >= 4 is 5.82 Å². The maximum Gasteiger partial charge on any atom is 0.130 e. The van der Waals surface area contributed by atoms with Gasteiger partial charge in [0.1, 0.15) is 5.82 Å². The van der Waals surface area contributed by atoms with Crippen LogP contribution in [0.2, 0.25) is 0 Å². The standard InChI is InChI=1S/C12H15N3/c1-4-7-15(10(2)3)12-8-11(9-13)5-6-14-12/h4-6,8,10H,1,7H2,2-3H3. The molecule has 15 heavy (non-hydrogen) atoms. The van der Waals surface area contributed by atoms with E-state index in [0.29, 0.717) is 11.6 Å². The Morgan fingerprint density at radius 1 is 1.67 bits per heavy atom. The first-order chi connectivity index (χ1) is 7.19. The molecule has 0 fully saturated rings. The molecule has 0 spiro atoms. The highest BCUT2D eigenvalue weighted by molar-refractivity contribution is 5.46. The molecule has 0 aliphatic heterocycles. The van der Waals surface area contributed by atoms with E-state index in [9.17, 15) is 0 Å². The minimum Gasteiger partial charge on any atom is -0.350 e. The molecule has 0 atom stereocenters. The molecule has 0 unspecified atom stereocenters. The fourth-order valence-electron chi connectivity index (χ4n) is 1.35. The lowest BCUT2D eigenvalue weighted by molar-refractivity contribution is 0.712. The molecule has 78 valence electrons. The molecular weight excluding hydrogens is 186 g/mol. The van der Waals surface area contributed by atoms with Gasteiger partial charge in [-0.2, -0.15) is 5.26 Å². The largest absolute Gasteiger partial charge is 0.350 e. The Labute approximate surface area is 90.7 Å². The van der Waals surface area contributed by atoms with E-state index in [1.807, 2.05) is 6.08 Å². The van der Waals surface area contributed by atoms with Gasteiger partial charge in [-0.05, 0) is 26.0 Å². The zero-order valence-corrected chi connectivity index (χ0v) is 9.14. The van der Waals surface area contributed by atoms with Gasteiger partial charge in [0, 0.05) is 18.8 Å². The second kappa shape index (κ2) is 5.16. The van der Waals surface area contributed by atoms with E-state index < -0.39 is 0 Å². The van der Waals surface area contributed by atoms with Crippen molar-refractivity contribution in [2.24, 2.45) is 0 Å². The van der Waals surface area contributed by atoms with E-state index in [2.05, 4.69) is 36.4 Å². The molecule has 1 rings (SSSR count). The minimum atomic E-state index is 0.337. The van der Waals surface area contributed by atoms with Crippen molar-refractivity contribution in [3.63, 3.8) is 0 Å². The molecule has 3 heteroatoms. The Bertz CT molecular complexity index is 377. The third kappa shape index (κ3) is 2.81. The van der Waals surface area contributed by atoms with E-state index in [0.717, 1.165) is 12.4 Å². The first kappa shape index (κ1) is 11.3. The smallest absolute Gasteiger partial charge is 0.130 e. The number of hydrogen-bond acceptors (Lipinski definition) is 3. The Morgan fingerprint density at radius 2 is 2.40 bits per heavy atom. The topological polar surface area (TPSA) is 39.9 Å². The third-order valence-electron chi connectivity index (χ3n) is 2.12. The molecule has 0 N–H and O–H groups in total. The number of pyridine rings is 1. The Morgan fingerprint density at radius 3 is 2.93 bits per heavy atom. The Kier molecular flexibility index (Phi) is 3.87. The maximum absolute atomic E-state index is 8.80. The highest BCUT2D eigenvalue weighted by atomic mass is 15.2. The van der Waals surface area contributed by atoms with Crippen LogP contribution in [0.15, 0.2) is 31.0 Å². The van der Waals surface area contributed by atoms with Crippen LogP contribution in [0.25, 0.3) is 0 Å². The zero-order valence-electron chi connectivity index (χ0n) is 9.14. The third-order valence-corrected chi connectivity index (χ3v) is 2.12. The SMILES string of the molecule is C=CCN(c1cc(C#N)ccn1)C(C)C. The Balaban J connectivity index is 3.00. The summed E-state index contributed by atoms with van der Waals surface area (Å²) < 4.78 is 0. The molecule has 0 aromatic carbocycles. The average Bonchev–Trinajstić information content (AvgIpc) is 2.25. The van der Waals surface area contributed by atoms with Gasteiger partial charge in [-0.25, -0.2) is 4.98 Å². The molecule has 0 saturated carbocycles. The Hall–Kier alpha value is -1.82. The summed E-state index contributed by atoms with van der Waals surface area (Å²) in [5.41, 5.74) is 0.634. The normalized spacial score (nSPS) is 9.73. The van der Waals surface area contributed by atoms with E-state index in [4.69, 9.17) is 5.26 Å². The van der Waals surface area contributed by atoms with Crippen LogP contribution in [-0.2, 0) is 0 Å². The lowest BCUT2D eigenvalue weighted by Gasteiger charge is -2.26. The molecule has 3 nitrogen and oxygen atoms in total. The summed E-state index contributed by atoms with van der Waals surface area (Å²) in [6.45, 7) is 8.63. The summed E-state index contributed by atoms with van der Waals surface area (Å²) in [6, 6.07) is 5.95. The zero-order chi connectivity index (χ0) is 11.3. The number of anilines is 1. The number of rotatable bonds is 4. The van der Waals surface area contributed by atoms with Gasteiger partial charge in [0.2, 0.25) is 0 Å². The highest BCUT2D eigenvalue weighted by Crippen LogP contribution is 2.14. The second-order valence-electron chi connectivity index (χ2n) is 3.55. The van der Waals surface area contributed by atoms with E-state index in [-0.39, 0.29) is 0 Å². The predicted octanol–water partition coefficient (Wildman–Crippen LogP) is 2.35. The fraction of sp³-hybridized carbons (Fsp3) is 0.333. The lowest BCUT2D eigenvalue weighted by Crippen LogP contribution is -2.31. The van der Waals surface area contributed by atoms with E-state index in [1.54, 1.807) is 18.3 Å². The van der Waals surface area contributed by atoms with Gasteiger partial charge in [0.15, 0.2) is 0 Å². The summed E-state index contributed by atoms with van der Waals surface area (Å²) >= 11 is 0. The van der Waals surface area contributed by atoms with Crippen LogP contribution < -0.4 is 4.90 Å². The summed E-state index contributed by atoms with van der Waals surface area (Å²) in [4.78, 5) is 6.35. The van der Waals surface area contributed by atoms with Gasteiger partial charge >= 0.3 is 0 Å². The molecule has 1 heterocycles. The number of hydrogen-bond donors (Lipinski definition) is 0. The van der Waals surface area contributed by atoms with Gasteiger partial charge in [-0.1, -0.05) is 6.08 Å². The average molecular weight is 201 g/mol. The van der Waals surface area contributed by atoms with Crippen LogP contribution in [0.3, 0.4) is 0 Å². The summed E-state index contributed by atoms with van der Waals surface area (Å²) in [7, 11) is 0. The number of aromatic nitrogens is 1. The monoisotopic (exact) mass is 201 g/mol. The van der Waals surface area contributed by atoms with Gasteiger partial charge in [-0.3, -0.25) is 0 Å². The highest BCUT2D eigenvalue weighted by Gasteiger charge is 2.10. The van der Waals surface area contributed by atoms with Gasteiger partial charge in [-0.15, -0.1) is 6.58 Å². The predicted molar refractivity (Wildman–Crippen MR) is 61.6 cm³/mol. The van der Waals surface area contributed by atoms with Crippen molar-refractivity contribution in [2.75, 3.05) is 11.4 Å². The van der Waals surface area contributed by atoms with E-state index >= 15 is 0 Å². The van der Waals surface area contributed by atoms with Crippen LogP contribution in [0, 0.1) is 11.3 Å². The van der Waals surface area contributed by atoms with Crippen LogP contribution in [-0.4, -0.2) is 17.6 Å². The number of nitriles is 1. The van der Waals surface area contributed by atoms with Crippen molar-refractivity contribution in [1.82, 2.24) is 4.98 Å². The summed E-state index contributed by atoms with van der Waals surface area (Å²) in [5, 5.41) is 8.80. The van der Waals surface area contributed by atoms with Crippen molar-refractivity contribution in [1.29, 1.82) is 5.26 Å². The first-order valence-corrected chi connectivity index (χ1v) is 4.92. The van der Waals surface area contributed by atoms with Crippen molar-refractivity contribution < 1.29 is 0 Å². The molecule has 0 amide bonds. The molecule has 0 aliphatic carbocycles. The summed E-state index contributed by atoms with van der Waals surface area (Å²) in [5.74, 6) is 0.823. The molecule has 1 aromatic heterocycles. The molecule has 0 saturated heterocycles. The molecular formula is C12H15N3.